The Morgan fingerprint density at radius 1 is 1.25 bits per heavy atom. The van der Waals surface area contributed by atoms with Crippen LogP contribution >= 0.6 is 8.65 Å². The fourth-order valence-electron chi connectivity index (χ4n) is 0. The van der Waals surface area contributed by atoms with E-state index in [1.54, 1.807) is 4.75 Å². The first kappa shape index (κ1) is 57.0. The van der Waals surface area contributed by atoms with E-state index >= 15 is 0 Å². The van der Waals surface area contributed by atoms with Crippen LogP contribution in [0.5, 0.6) is 0 Å². The van der Waals surface area contributed by atoms with Crippen LogP contribution in [0.2, 0.25) is 0 Å². The first-order valence-electron chi connectivity index (χ1n) is 1.94. The third kappa shape index (κ3) is 1170. The largest absolute Gasteiger partial charge is 2.00 e. The molecule has 0 fully saturated rings. The van der Waals surface area contributed by atoms with Crippen molar-refractivity contribution in [3.05, 3.63) is 19.8 Å². The molecule has 0 heterocycles. The van der Waals surface area contributed by atoms with Crippen LogP contribution in [0.3, 0.4) is 0 Å². The molecule has 0 rings (SSSR count). The first-order valence-corrected chi connectivity index (χ1v) is 8.77. The number of nitrogens with zero attached hydrogens (tertiary/aromatic N) is 1. The maximum absolute atomic E-state index is 8.44. The Morgan fingerprint density at radius 3 is 1.25 bits per heavy atom. The maximum atomic E-state index is 8.44. The zero-order valence-electron chi connectivity index (χ0n) is 9.82. The molecule has 0 aromatic rings. The number of rotatable bonds is 0. The smallest absolute Gasteiger partial charge is 2.00 e. The molecule has 0 aliphatic carbocycles. The Kier molecular flexibility index (Phi) is 232. The summed E-state index contributed by atoms with van der Waals surface area (Å²) in [6, 6.07) is 0. The Balaban J connectivity index is -0.0000000105. The molecule has 0 bridgehead atoms. The molecule has 0 saturated heterocycles. The van der Waals surface area contributed by atoms with Crippen LogP contribution < -0.4 is 64.4 Å². The van der Waals surface area contributed by atoms with Gasteiger partial charge in [0.15, 0.2) is 4.75 Å². The van der Waals surface area contributed by atoms with Gasteiger partial charge in [-0.3, -0.25) is 4.21 Å². The maximum Gasteiger partial charge on any atom is 2.00 e. The molecule has 12 nitrogen and oxygen atoms in total. The minimum atomic E-state index is -3.11. The van der Waals surface area contributed by atoms with Crippen LogP contribution in [0.4, 0.5) is 0 Å². The Labute approximate surface area is 201 Å². The quantitative estimate of drug-likeness (QED) is 0.0658. The average molecular weight is 638 g/mol. The molecule has 0 atom stereocenters. The van der Waals surface area contributed by atoms with E-state index in [0.29, 0.717) is 0 Å². The molecule has 0 spiro atoms. The zero-order valence-corrected chi connectivity index (χ0v) is 23.9. The summed E-state index contributed by atoms with van der Waals surface area (Å²) >= 11 is -2.97. The second-order valence-corrected chi connectivity index (χ2v) is 1.12. The van der Waals surface area contributed by atoms with Gasteiger partial charge in [0.2, 0.25) is 0 Å². The van der Waals surface area contributed by atoms with E-state index in [2.05, 4.69) is 8.65 Å². The van der Waals surface area contributed by atoms with Gasteiger partial charge in [-0.25, -0.2) is 0 Å². The predicted octanol–water partition coefficient (Wildman–Crippen LogP) is -8.87. The molecule has 1 N–H and O–H groups in total. The average Bonchev–Trinajstić information content (AvgIpc) is 2.07. The molecule has 2 radical (unpaired) electrons. The van der Waals surface area contributed by atoms with Crippen LogP contribution in [0.1, 0.15) is 0 Å². The predicted molar refractivity (Wildman–Crippen MR) is 54.8 cm³/mol. The van der Waals surface area contributed by atoms with Gasteiger partial charge < -0.3 is 27.8 Å². The van der Waals surface area contributed by atoms with Gasteiger partial charge in [-0.2, -0.15) is 8.42 Å². The minimum Gasteiger partial charge on any atom is 2.00 e. The topological polar surface area (TPSA) is 212 Å². The molecule has 0 amide bonds. The SMILES string of the molecule is O=S([O-])[O-].O=S=O.O=[N+]([O-])O.O=[O+][O-].[Na+].[Na+].[S-2].[S]=[Pb].[Zn+2]. The second-order valence-electron chi connectivity index (χ2n) is 0.578. The van der Waals surface area contributed by atoms with Crippen molar-refractivity contribution >= 4 is 68.8 Å². The zero-order chi connectivity index (χ0) is 14.6. The van der Waals surface area contributed by atoms with Gasteiger partial charge in [-0.15, -0.1) is 21.5 Å². The van der Waals surface area contributed by atoms with E-state index in [9.17, 15) is 0 Å². The molecule has 104 valence electrons. The van der Waals surface area contributed by atoms with Gasteiger partial charge in [0, 0.05) is 0 Å². The summed E-state index contributed by atoms with van der Waals surface area (Å²) < 4.78 is 43.7. The standard InChI is InChI=1S/HNO3.2Na.H2O3S.O3.O2S.Pb.2S.Zn/c2-1(3)4;;;1-4(2)3;2*1-3-2;;;;/h(H,2,3,4);;;(H2,1,2,3);;;;;;/q;2*+1;;;;;;-2;+2/p-2. The Bertz CT molecular complexity index is 195. The third-order valence-corrected chi connectivity index (χ3v) is 0. The first-order chi connectivity index (χ1) is 7.29. The molecular formula is HNNa2O11PbS4Zn. The van der Waals surface area contributed by atoms with Crippen molar-refractivity contribution in [3.8, 4) is 0 Å². The van der Waals surface area contributed by atoms with Crippen molar-refractivity contribution in [3.63, 3.8) is 0 Å². The Morgan fingerprint density at radius 2 is 1.25 bits per heavy atom. The van der Waals surface area contributed by atoms with E-state index in [1.165, 1.54) is 0 Å². The summed E-state index contributed by atoms with van der Waals surface area (Å²) in [6.45, 7) is 0. The van der Waals surface area contributed by atoms with Crippen LogP contribution in [0.15, 0.2) is 0 Å². The third-order valence-electron chi connectivity index (χ3n) is 0. The van der Waals surface area contributed by atoms with Crippen LogP contribution in [-0.4, -0.2) is 55.7 Å². The van der Waals surface area contributed by atoms with E-state index in [-0.39, 0.29) is 92.1 Å². The van der Waals surface area contributed by atoms with Crippen LogP contribution in [-0.2, 0) is 55.9 Å². The van der Waals surface area contributed by atoms with Gasteiger partial charge >= 0.3 is 122 Å². The van der Waals surface area contributed by atoms with Crippen molar-refractivity contribution < 1.29 is 116 Å². The summed E-state index contributed by atoms with van der Waals surface area (Å²) in [5.41, 5.74) is 0. The van der Waals surface area contributed by atoms with Crippen molar-refractivity contribution in [1.82, 2.24) is 0 Å². The molecular weight excluding hydrogens is 637 g/mol. The van der Waals surface area contributed by atoms with E-state index in [4.69, 9.17) is 47.3 Å². The van der Waals surface area contributed by atoms with Gasteiger partial charge in [-0.1, -0.05) is 10.2 Å². The fourth-order valence-corrected chi connectivity index (χ4v) is 0. The normalized spacial score (nSPS) is 4.35. The molecule has 0 aliphatic heterocycles. The Hall–Kier alpha value is 2.61. The van der Waals surface area contributed by atoms with Gasteiger partial charge in [0.05, 0.1) is 0 Å². The molecule has 0 unspecified atom stereocenters. The summed E-state index contributed by atoms with van der Waals surface area (Å²) in [5, 5.41) is 21.5. The summed E-state index contributed by atoms with van der Waals surface area (Å²) in [4.78, 5) is 16.2. The molecule has 20 heteroatoms. The molecule has 0 aliphatic rings. The van der Waals surface area contributed by atoms with E-state index < -0.39 is 28.0 Å². The fraction of sp³-hybridized carbons (Fsp3) is 0. The summed E-state index contributed by atoms with van der Waals surface area (Å²) in [6.07, 6.45) is 0. The van der Waals surface area contributed by atoms with Crippen LogP contribution in [0, 0.1) is 19.8 Å². The van der Waals surface area contributed by atoms with Gasteiger partial charge in [-0.05, 0) is 0 Å². The second kappa shape index (κ2) is 81.6. The molecule has 0 aromatic carbocycles. The monoisotopic (exact) mass is 637 g/mol. The minimum absolute atomic E-state index is 0. The van der Waals surface area contributed by atoms with Crippen molar-refractivity contribution in [2.24, 2.45) is 0 Å². The van der Waals surface area contributed by atoms with Crippen molar-refractivity contribution in [2.75, 3.05) is 0 Å². The van der Waals surface area contributed by atoms with E-state index in [0.717, 1.165) is 23.7 Å². The van der Waals surface area contributed by atoms with E-state index in [1.807, 2.05) is 0 Å². The van der Waals surface area contributed by atoms with Crippen molar-refractivity contribution in [1.29, 1.82) is 0 Å². The molecule has 20 heavy (non-hydrogen) atoms. The summed E-state index contributed by atoms with van der Waals surface area (Å²) in [5.74, 6) is 0. The summed E-state index contributed by atoms with van der Waals surface area (Å²) in [7, 11) is 4.22. The molecule has 0 aromatic heterocycles. The molecule has 0 saturated carbocycles. The van der Waals surface area contributed by atoms with Gasteiger partial charge in [0.1, 0.15) is 0 Å². The van der Waals surface area contributed by atoms with Gasteiger partial charge in [0.25, 0.3) is 5.09 Å². The number of hydrogen-bond donors (Lipinski definition) is 1. The van der Waals surface area contributed by atoms with Crippen LogP contribution in [0.25, 0.3) is 0 Å². The number of hydrogen-bond acceptors (Lipinski definition) is 10. The van der Waals surface area contributed by atoms with Crippen molar-refractivity contribution in [2.45, 2.75) is 0 Å².